The van der Waals surface area contributed by atoms with Gasteiger partial charge in [0.15, 0.2) is 0 Å². The third kappa shape index (κ3) is 5.66. The minimum Gasteiger partial charge on any atom is -0.335 e. The molecule has 3 N–H and O–H groups in total. The van der Waals surface area contributed by atoms with Crippen molar-refractivity contribution >= 4 is 17.7 Å². The summed E-state index contributed by atoms with van der Waals surface area (Å²) in [6, 6.07) is 27.4. The molecule has 3 aromatic rings. The lowest BCUT2D eigenvalue weighted by Gasteiger charge is -2.32. The normalized spacial score (nSPS) is 13.9. The molecule has 1 heterocycles. The number of hydrogen-bond donors (Lipinski definition) is 3. The molecule has 1 aliphatic heterocycles. The van der Waals surface area contributed by atoms with Crippen molar-refractivity contribution in [1.29, 1.82) is 0 Å². The van der Waals surface area contributed by atoms with Crippen LogP contribution in [0.1, 0.15) is 18.4 Å². The minimum atomic E-state index is -0.222. The molecule has 32 heavy (non-hydrogen) atoms. The van der Waals surface area contributed by atoms with Crippen LogP contribution in [0.15, 0.2) is 84.9 Å². The Morgan fingerprint density at radius 1 is 0.812 bits per heavy atom. The van der Waals surface area contributed by atoms with Gasteiger partial charge in [0.1, 0.15) is 0 Å². The number of urea groups is 2. The van der Waals surface area contributed by atoms with Crippen LogP contribution >= 0.6 is 0 Å². The molecule has 0 atom stereocenters. The zero-order valence-corrected chi connectivity index (χ0v) is 18.0. The van der Waals surface area contributed by atoms with Gasteiger partial charge in [0.2, 0.25) is 0 Å². The van der Waals surface area contributed by atoms with E-state index in [0.29, 0.717) is 19.6 Å². The second-order valence-electron chi connectivity index (χ2n) is 7.92. The van der Waals surface area contributed by atoms with E-state index >= 15 is 0 Å². The SMILES string of the molecule is O=C(Nc1ccccc1-c1ccccc1)NC1CCN(C(=O)NCc2ccccc2)CC1. The van der Waals surface area contributed by atoms with Crippen LogP contribution in [0.3, 0.4) is 0 Å². The molecule has 164 valence electrons. The number of benzene rings is 3. The summed E-state index contributed by atoms with van der Waals surface area (Å²) in [5, 5.41) is 9.01. The number of para-hydroxylation sites is 1. The molecule has 3 aromatic carbocycles. The first-order valence-electron chi connectivity index (χ1n) is 11.0. The number of nitrogens with one attached hydrogen (secondary N) is 3. The van der Waals surface area contributed by atoms with Crippen LogP contribution in [0, 0.1) is 0 Å². The monoisotopic (exact) mass is 428 g/mol. The van der Waals surface area contributed by atoms with Crippen LogP contribution < -0.4 is 16.0 Å². The number of piperidine rings is 1. The molecule has 0 aromatic heterocycles. The van der Waals surface area contributed by atoms with Crippen LogP contribution in [0.25, 0.3) is 11.1 Å². The van der Waals surface area contributed by atoms with Gasteiger partial charge in [0.25, 0.3) is 0 Å². The molecule has 1 aliphatic rings. The fourth-order valence-electron chi connectivity index (χ4n) is 3.92. The summed E-state index contributed by atoms with van der Waals surface area (Å²) < 4.78 is 0. The first-order valence-corrected chi connectivity index (χ1v) is 11.0. The van der Waals surface area contributed by atoms with Crippen LogP contribution in [0.4, 0.5) is 15.3 Å². The number of carbonyl (C=O) groups is 2. The van der Waals surface area contributed by atoms with E-state index in [4.69, 9.17) is 0 Å². The highest BCUT2D eigenvalue weighted by Crippen LogP contribution is 2.27. The molecule has 0 saturated carbocycles. The van der Waals surface area contributed by atoms with E-state index in [1.807, 2.05) is 89.8 Å². The lowest BCUT2D eigenvalue weighted by atomic mass is 10.0. The second-order valence-corrected chi connectivity index (χ2v) is 7.92. The van der Waals surface area contributed by atoms with Crippen LogP contribution in [-0.4, -0.2) is 36.1 Å². The summed E-state index contributed by atoms with van der Waals surface area (Å²) in [7, 11) is 0. The van der Waals surface area contributed by atoms with E-state index in [-0.39, 0.29) is 18.1 Å². The van der Waals surface area contributed by atoms with Crippen LogP contribution in [-0.2, 0) is 6.54 Å². The highest BCUT2D eigenvalue weighted by molar-refractivity contribution is 5.94. The average Bonchev–Trinajstić information content (AvgIpc) is 2.84. The maximum Gasteiger partial charge on any atom is 0.319 e. The van der Waals surface area contributed by atoms with Gasteiger partial charge in [0, 0.05) is 31.2 Å². The van der Waals surface area contributed by atoms with Crippen molar-refractivity contribution in [3.63, 3.8) is 0 Å². The van der Waals surface area contributed by atoms with Crippen molar-refractivity contribution in [3.05, 3.63) is 90.5 Å². The average molecular weight is 429 g/mol. The van der Waals surface area contributed by atoms with E-state index in [2.05, 4.69) is 16.0 Å². The molecule has 4 amide bonds. The lowest BCUT2D eigenvalue weighted by molar-refractivity contribution is 0.176. The van der Waals surface area contributed by atoms with Crippen molar-refractivity contribution in [2.24, 2.45) is 0 Å². The molecule has 6 nitrogen and oxygen atoms in total. The van der Waals surface area contributed by atoms with Gasteiger partial charge >= 0.3 is 12.1 Å². The molecule has 1 saturated heterocycles. The number of carbonyl (C=O) groups excluding carboxylic acids is 2. The third-order valence-corrected chi connectivity index (χ3v) is 5.66. The van der Waals surface area contributed by atoms with E-state index in [9.17, 15) is 9.59 Å². The van der Waals surface area contributed by atoms with Gasteiger partial charge < -0.3 is 20.9 Å². The summed E-state index contributed by atoms with van der Waals surface area (Å²) in [5.74, 6) is 0. The summed E-state index contributed by atoms with van der Waals surface area (Å²) in [6.45, 7) is 1.75. The molecule has 0 unspecified atom stereocenters. The summed E-state index contributed by atoms with van der Waals surface area (Å²) >= 11 is 0. The molecule has 0 radical (unpaired) electrons. The van der Waals surface area contributed by atoms with Gasteiger partial charge in [-0.25, -0.2) is 9.59 Å². The first kappa shape index (κ1) is 21.4. The van der Waals surface area contributed by atoms with Gasteiger partial charge in [-0.2, -0.15) is 0 Å². The van der Waals surface area contributed by atoms with E-state index in [1.54, 1.807) is 0 Å². The van der Waals surface area contributed by atoms with Gasteiger partial charge in [-0.1, -0.05) is 78.9 Å². The summed E-state index contributed by atoms with van der Waals surface area (Å²) in [5.41, 5.74) is 3.88. The van der Waals surface area contributed by atoms with Crippen molar-refractivity contribution < 1.29 is 9.59 Å². The van der Waals surface area contributed by atoms with E-state index in [1.165, 1.54) is 0 Å². The standard InChI is InChI=1S/C26H28N4O2/c31-25(29-24-14-8-7-13-23(24)21-11-5-2-6-12-21)28-22-15-17-30(18-16-22)26(32)27-19-20-9-3-1-4-10-20/h1-14,22H,15-19H2,(H,27,32)(H2,28,29,31). The fraction of sp³-hybridized carbons (Fsp3) is 0.231. The number of nitrogens with zero attached hydrogens (tertiary/aromatic N) is 1. The number of hydrogen-bond acceptors (Lipinski definition) is 2. The van der Waals surface area contributed by atoms with Gasteiger partial charge in [-0.3, -0.25) is 0 Å². The zero-order chi connectivity index (χ0) is 22.2. The fourth-order valence-corrected chi connectivity index (χ4v) is 3.92. The number of likely N-dealkylation sites (tertiary alicyclic amines) is 1. The van der Waals surface area contributed by atoms with Crippen LogP contribution in [0.5, 0.6) is 0 Å². The van der Waals surface area contributed by atoms with E-state index < -0.39 is 0 Å². The van der Waals surface area contributed by atoms with Crippen molar-refractivity contribution in [2.45, 2.75) is 25.4 Å². The van der Waals surface area contributed by atoms with Gasteiger partial charge in [-0.05, 0) is 30.0 Å². The molecule has 1 fully saturated rings. The highest BCUT2D eigenvalue weighted by Gasteiger charge is 2.24. The molecule has 0 spiro atoms. The largest absolute Gasteiger partial charge is 0.335 e. The Bertz CT molecular complexity index is 1030. The lowest BCUT2D eigenvalue weighted by Crippen LogP contribution is -2.50. The quantitative estimate of drug-likeness (QED) is 0.544. The first-order chi connectivity index (χ1) is 15.7. The highest BCUT2D eigenvalue weighted by atomic mass is 16.2. The van der Waals surface area contributed by atoms with Gasteiger partial charge in [0.05, 0.1) is 5.69 Å². The molecular weight excluding hydrogens is 400 g/mol. The number of amides is 4. The van der Waals surface area contributed by atoms with Crippen LogP contribution in [0.2, 0.25) is 0 Å². The molecule has 4 rings (SSSR count). The van der Waals surface area contributed by atoms with E-state index in [0.717, 1.165) is 35.2 Å². The maximum atomic E-state index is 12.6. The molecule has 6 heteroatoms. The molecular formula is C26H28N4O2. The predicted molar refractivity (Wildman–Crippen MR) is 127 cm³/mol. The second kappa shape index (κ2) is 10.5. The van der Waals surface area contributed by atoms with Crippen molar-refractivity contribution in [3.8, 4) is 11.1 Å². The Morgan fingerprint density at radius 2 is 1.44 bits per heavy atom. The smallest absolute Gasteiger partial charge is 0.319 e. The Morgan fingerprint density at radius 3 is 2.16 bits per heavy atom. The Labute approximate surface area is 188 Å². The molecule has 0 aliphatic carbocycles. The van der Waals surface area contributed by atoms with Crippen molar-refractivity contribution in [1.82, 2.24) is 15.5 Å². The minimum absolute atomic E-state index is 0.0389. The Balaban J connectivity index is 1.25. The number of anilines is 1. The third-order valence-electron chi connectivity index (χ3n) is 5.66. The van der Waals surface area contributed by atoms with Gasteiger partial charge in [-0.15, -0.1) is 0 Å². The van der Waals surface area contributed by atoms with Crippen molar-refractivity contribution in [2.75, 3.05) is 18.4 Å². The maximum absolute atomic E-state index is 12.6. The summed E-state index contributed by atoms with van der Waals surface area (Å²) in [6.07, 6.45) is 1.46. The zero-order valence-electron chi connectivity index (χ0n) is 18.0. The Kier molecular flexibility index (Phi) is 7.02. The summed E-state index contributed by atoms with van der Waals surface area (Å²) in [4.78, 5) is 26.9. The number of rotatable bonds is 5. The Hall–Kier alpha value is -3.80. The topological polar surface area (TPSA) is 73.5 Å². The predicted octanol–water partition coefficient (Wildman–Crippen LogP) is 4.85. The molecule has 0 bridgehead atoms.